The monoisotopic (exact) mass is 371 g/mol. The van der Waals surface area contributed by atoms with Crippen LogP contribution < -0.4 is 0 Å². The Hall–Kier alpha value is -0.780. The number of hydrogen-bond acceptors (Lipinski definition) is 0. The van der Waals surface area contributed by atoms with E-state index in [4.69, 9.17) is 0 Å². The molecule has 0 aliphatic carbocycles. The molecule has 0 N–H and O–H groups in total. The lowest BCUT2D eigenvalue weighted by Crippen LogP contribution is -2.02. The van der Waals surface area contributed by atoms with E-state index in [1.165, 1.54) is 116 Å². The molecule has 27 heavy (non-hydrogen) atoms. The Morgan fingerprint density at radius 3 is 1.26 bits per heavy atom. The molecule has 0 aliphatic heterocycles. The number of benzene rings is 1. The number of unbranched alkanes of at least 4 members (excludes halogenated alkanes) is 12. The molecule has 0 heteroatoms. The van der Waals surface area contributed by atoms with Crippen LogP contribution in [0.25, 0.3) is 0 Å². The van der Waals surface area contributed by atoms with Gasteiger partial charge in [0.15, 0.2) is 0 Å². The molecule has 0 atom stereocenters. The van der Waals surface area contributed by atoms with Crippen LogP contribution in [0.15, 0.2) is 12.1 Å². The van der Waals surface area contributed by atoms with Crippen molar-refractivity contribution in [3.05, 3.63) is 34.9 Å². The SMILES string of the molecule is CCCCCCCc1c[c]cc(CCCCCCC)c1CCCCCCC. The lowest BCUT2D eigenvalue weighted by Gasteiger charge is -2.15. The van der Waals surface area contributed by atoms with Crippen molar-refractivity contribution >= 4 is 0 Å². The molecule has 1 aromatic carbocycles. The molecule has 0 heterocycles. The Bertz CT molecular complexity index is 413. The van der Waals surface area contributed by atoms with Crippen molar-refractivity contribution in [1.29, 1.82) is 0 Å². The van der Waals surface area contributed by atoms with Crippen molar-refractivity contribution in [1.82, 2.24) is 0 Å². The van der Waals surface area contributed by atoms with E-state index in [9.17, 15) is 0 Å². The average molecular weight is 372 g/mol. The summed E-state index contributed by atoms with van der Waals surface area (Å²) in [4.78, 5) is 0. The fraction of sp³-hybridized carbons (Fsp3) is 0.778. The second-order valence-corrected chi connectivity index (χ2v) is 8.48. The molecule has 0 aromatic heterocycles. The van der Waals surface area contributed by atoms with E-state index in [1.807, 2.05) is 0 Å². The molecule has 0 nitrogen and oxygen atoms in total. The van der Waals surface area contributed by atoms with Crippen LogP contribution in [0.2, 0.25) is 0 Å². The van der Waals surface area contributed by atoms with Crippen molar-refractivity contribution in [3.8, 4) is 0 Å². The summed E-state index contributed by atoms with van der Waals surface area (Å²) < 4.78 is 0. The van der Waals surface area contributed by atoms with E-state index >= 15 is 0 Å². The van der Waals surface area contributed by atoms with Gasteiger partial charge in [-0.3, -0.25) is 0 Å². The Morgan fingerprint density at radius 1 is 0.481 bits per heavy atom. The highest BCUT2D eigenvalue weighted by Crippen LogP contribution is 2.23. The van der Waals surface area contributed by atoms with E-state index in [2.05, 4.69) is 39.0 Å². The van der Waals surface area contributed by atoms with Gasteiger partial charge in [0.25, 0.3) is 0 Å². The number of aryl methyl sites for hydroxylation is 2. The van der Waals surface area contributed by atoms with E-state index in [1.54, 1.807) is 16.7 Å². The largest absolute Gasteiger partial charge is 0.0654 e. The van der Waals surface area contributed by atoms with E-state index in [0.717, 1.165) is 0 Å². The highest BCUT2D eigenvalue weighted by atomic mass is 14.1. The quantitative estimate of drug-likeness (QED) is 0.226. The molecule has 0 saturated heterocycles. The second-order valence-electron chi connectivity index (χ2n) is 8.48. The summed E-state index contributed by atoms with van der Waals surface area (Å²) in [5.74, 6) is 0. The van der Waals surface area contributed by atoms with Gasteiger partial charge in [0.2, 0.25) is 0 Å². The summed E-state index contributed by atoms with van der Waals surface area (Å²) >= 11 is 0. The molecule has 1 aromatic rings. The highest BCUT2D eigenvalue weighted by Gasteiger charge is 2.09. The minimum Gasteiger partial charge on any atom is -0.0654 e. The minimum atomic E-state index is 1.27. The third-order valence-electron chi connectivity index (χ3n) is 5.92. The number of hydrogen-bond donors (Lipinski definition) is 0. The predicted octanol–water partition coefficient (Wildman–Crippen LogP) is 9.03. The predicted molar refractivity (Wildman–Crippen MR) is 123 cm³/mol. The first-order valence-corrected chi connectivity index (χ1v) is 12.3. The Balaban J connectivity index is 2.60. The standard InChI is InChI=1S/C27H47/c1-4-7-10-13-16-20-25-22-19-23-26(21-17-14-11-8-5-2)27(25)24-18-15-12-9-6-3/h22-23H,4-18,20-21,24H2,1-3H3. The van der Waals surface area contributed by atoms with Crippen LogP contribution in [0.1, 0.15) is 134 Å². The van der Waals surface area contributed by atoms with Crippen molar-refractivity contribution in [2.45, 2.75) is 136 Å². The van der Waals surface area contributed by atoms with Gasteiger partial charge >= 0.3 is 0 Å². The van der Waals surface area contributed by atoms with Gasteiger partial charge in [0.1, 0.15) is 0 Å². The molecule has 0 aliphatic rings. The molecule has 0 spiro atoms. The Kier molecular flexibility index (Phi) is 15.6. The minimum absolute atomic E-state index is 1.27. The maximum atomic E-state index is 3.48. The molecule has 0 bridgehead atoms. The molecule has 0 amide bonds. The molecule has 0 unspecified atom stereocenters. The first-order chi connectivity index (χ1) is 13.3. The molecule has 0 saturated carbocycles. The maximum absolute atomic E-state index is 3.48. The van der Waals surface area contributed by atoms with Crippen LogP contribution in [0.3, 0.4) is 0 Å². The van der Waals surface area contributed by atoms with E-state index in [0.29, 0.717) is 0 Å². The molecule has 0 fully saturated rings. The van der Waals surface area contributed by atoms with Gasteiger partial charge in [0, 0.05) is 0 Å². The summed E-state index contributed by atoms with van der Waals surface area (Å²) in [7, 11) is 0. The van der Waals surface area contributed by atoms with Crippen LogP contribution >= 0.6 is 0 Å². The van der Waals surface area contributed by atoms with Gasteiger partial charge in [0.05, 0.1) is 0 Å². The normalized spacial score (nSPS) is 11.2. The lowest BCUT2D eigenvalue weighted by atomic mass is 9.90. The first kappa shape index (κ1) is 24.3. The molecule has 155 valence electrons. The van der Waals surface area contributed by atoms with Gasteiger partial charge in [-0.15, -0.1) is 0 Å². The number of rotatable bonds is 18. The van der Waals surface area contributed by atoms with Crippen LogP contribution in [0.4, 0.5) is 0 Å². The molecular weight excluding hydrogens is 324 g/mol. The zero-order valence-corrected chi connectivity index (χ0v) is 18.9. The van der Waals surface area contributed by atoms with Crippen molar-refractivity contribution < 1.29 is 0 Å². The van der Waals surface area contributed by atoms with E-state index in [-0.39, 0.29) is 0 Å². The fourth-order valence-corrected chi connectivity index (χ4v) is 4.13. The summed E-state index contributed by atoms with van der Waals surface area (Å²) in [5, 5.41) is 0. The van der Waals surface area contributed by atoms with Crippen LogP contribution in [-0.4, -0.2) is 0 Å². The summed E-state index contributed by atoms with van der Waals surface area (Å²) in [6.45, 7) is 6.91. The molecule has 1 radical (unpaired) electrons. The second kappa shape index (κ2) is 17.3. The molecule has 1 rings (SSSR count). The van der Waals surface area contributed by atoms with E-state index < -0.39 is 0 Å². The topological polar surface area (TPSA) is 0 Å². The average Bonchev–Trinajstić information content (AvgIpc) is 2.68. The lowest BCUT2D eigenvalue weighted by molar-refractivity contribution is 0.612. The van der Waals surface area contributed by atoms with Crippen LogP contribution in [0, 0.1) is 6.07 Å². The van der Waals surface area contributed by atoms with Gasteiger partial charge in [-0.1, -0.05) is 110 Å². The summed E-state index contributed by atoms with van der Waals surface area (Å²) in [6.07, 6.45) is 24.6. The first-order valence-electron chi connectivity index (χ1n) is 12.3. The molecular formula is C27H47. The van der Waals surface area contributed by atoms with Crippen molar-refractivity contribution in [2.24, 2.45) is 0 Å². The van der Waals surface area contributed by atoms with Gasteiger partial charge in [-0.2, -0.15) is 0 Å². The third kappa shape index (κ3) is 11.6. The van der Waals surface area contributed by atoms with Crippen molar-refractivity contribution in [2.75, 3.05) is 0 Å². The third-order valence-corrected chi connectivity index (χ3v) is 5.92. The zero-order valence-electron chi connectivity index (χ0n) is 18.9. The summed E-state index contributed by atoms with van der Waals surface area (Å²) in [5.41, 5.74) is 4.94. The van der Waals surface area contributed by atoms with Crippen LogP contribution in [-0.2, 0) is 19.3 Å². The smallest absolute Gasteiger partial charge is 0.0178 e. The van der Waals surface area contributed by atoms with Gasteiger partial charge in [-0.25, -0.2) is 0 Å². The van der Waals surface area contributed by atoms with Crippen LogP contribution in [0.5, 0.6) is 0 Å². The fourth-order valence-electron chi connectivity index (χ4n) is 4.13. The van der Waals surface area contributed by atoms with Crippen molar-refractivity contribution in [3.63, 3.8) is 0 Å². The summed E-state index contributed by atoms with van der Waals surface area (Å²) in [6, 6.07) is 8.10. The van der Waals surface area contributed by atoms with Gasteiger partial charge in [-0.05, 0) is 61.3 Å². The maximum Gasteiger partial charge on any atom is -0.0178 e. The van der Waals surface area contributed by atoms with Gasteiger partial charge < -0.3 is 0 Å². The Labute approximate surface area is 171 Å². The zero-order chi connectivity index (χ0) is 19.6. The highest BCUT2D eigenvalue weighted by molar-refractivity contribution is 5.35. The Morgan fingerprint density at radius 2 is 0.852 bits per heavy atom.